The molecule has 3 N–H and O–H groups in total. The SMILES string of the molecule is CCOC(=O)CCCNC(=O)N[C@@H](CCSC)C(=O)O. The number of rotatable bonds is 10. The van der Waals surface area contributed by atoms with Crippen LogP contribution in [0.1, 0.15) is 26.2 Å². The number of amides is 2. The summed E-state index contributed by atoms with van der Waals surface area (Å²) >= 11 is 1.52. The van der Waals surface area contributed by atoms with E-state index in [0.29, 0.717) is 31.7 Å². The lowest BCUT2D eigenvalue weighted by atomic mass is 10.2. The van der Waals surface area contributed by atoms with Gasteiger partial charge in [-0.25, -0.2) is 9.59 Å². The maximum absolute atomic E-state index is 11.5. The van der Waals surface area contributed by atoms with Crippen molar-refractivity contribution < 1.29 is 24.2 Å². The maximum atomic E-state index is 11.5. The van der Waals surface area contributed by atoms with Gasteiger partial charge in [0.2, 0.25) is 0 Å². The van der Waals surface area contributed by atoms with E-state index in [1.165, 1.54) is 11.8 Å². The summed E-state index contributed by atoms with van der Waals surface area (Å²) in [5.74, 6) is -0.709. The number of carbonyl (C=O) groups excluding carboxylic acids is 2. The number of nitrogens with one attached hydrogen (secondary N) is 2. The summed E-state index contributed by atoms with van der Waals surface area (Å²) in [4.78, 5) is 33.4. The first-order chi connectivity index (χ1) is 9.51. The summed E-state index contributed by atoms with van der Waals surface area (Å²) in [5, 5.41) is 13.8. The fourth-order valence-electron chi connectivity index (χ4n) is 1.37. The second-order valence-corrected chi connectivity index (χ2v) is 4.97. The van der Waals surface area contributed by atoms with Crippen molar-refractivity contribution in [2.75, 3.05) is 25.2 Å². The third-order valence-corrected chi connectivity index (χ3v) is 3.01. The molecule has 0 aromatic carbocycles. The van der Waals surface area contributed by atoms with E-state index in [9.17, 15) is 14.4 Å². The molecule has 2 amide bonds. The fraction of sp³-hybridized carbons (Fsp3) is 0.750. The number of urea groups is 1. The summed E-state index contributed by atoms with van der Waals surface area (Å²) in [7, 11) is 0. The van der Waals surface area contributed by atoms with E-state index in [-0.39, 0.29) is 12.4 Å². The quantitative estimate of drug-likeness (QED) is 0.408. The molecule has 0 aliphatic rings. The molecular weight excluding hydrogens is 284 g/mol. The van der Waals surface area contributed by atoms with E-state index < -0.39 is 18.0 Å². The van der Waals surface area contributed by atoms with Gasteiger partial charge in [0.15, 0.2) is 0 Å². The highest BCUT2D eigenvalue weighted by Gasteiger charge is 2.18. The van der Waals surface area contributed by atoms with Crippen LogP contribution in [-0.4, -0.2) is 54.3 Å². The van der Waals surface area contributed by atoms with Crippen LogP contribution < -0.4 is 10.6 Å². The van der Waals surface area contributed by atoms with Crippen molar-refractivity contribution in [1.82, 2.24) is 10.6 Å². The molecule has 116 valence electrons. The lowest BCUT2D eigenvalue weighted by molar-refractivity contribution is -0.143. The molecule has 0 aromatic rings. The minimum Gasteiger partial charge on any atom is -0.480 e. The molecule has 7 nitrogen and oxygen atoms in total. The average molecular weight is 306 g/mol. The van der Waals surface area contributed by atoms with Gasteiger partial charge < -0.3 is 20.5 Å². The van der Waals surface area contributed by atoms with Gasteiger partial charge in [-0.1, -0.05) is 0 Å². The molecule has 0 spiro atoms. The molecule has 0 saturated carbocycles. The van der Waals surface area contributed by atoms with Crippen molar-refractivity contribution in [3.05, 3.63) is 0 Å². The van der Waals surface area contributed by atoms with Crippen LogP contribution in [0.15, 0.2) is 0 Å². The lowest BCUT2D eigenvalue weighted by Gasteiger charge is -2.14. The maximum Gasteiger partial charge on any atom is 0.326 e. The average Bonchev–Trinajstić information content (AvgIpc) is 2.39. The van der Waals surface area contributed by atoms with Gasteiger partial charge in [-0.2, -0.15) is 11.8 Å². The number of esters is 1. The zero-order valence-electron chi connectivity index (χ0n) is 11.8. The molecule has 20 heavy (non-hydrogen) atoms. The van der Waals surface area contributed by atoms with Crippen molar-refractivity contribution in [1.29, 1.82) is 0 Å². The number of hydrogen-bond acceptors (Lipinski definition) is 5. The van der Waals surface area contributed by atoms with Gasteiger partial charge in [-0.15, -0.1) is 0 Å². The summed E-state index contributed by atoms with van der Waals surface area (Å²) in [6, 6.07) is -1.44. The number of carboxylic acids is 1. The summed E-state index contributed by atoms with van der Waals surface area (Å²) in [6.07, 6.45) is 2.92. The molecule has 0 aliphatic heterocycles. The fourth-order valence-corrected chi connectivity index (χ4v) is 1.84. The molecule has 0 unspecified atom stereocenters. The van der Waals surface area contributed by atoms with Crippen LogP contribution in [0.5, 0.6) is 0 Å². The van der Waals surface area contributed by atoms with E-state index >= 15 is 0 Å². The van der Waals surface area contributed by atoms with Crippen LogP contribution >= 0.6 is 11.8 Å². The molecule has 0 rings (SSSR count). The molecule has 1 atom stereocenters. The van der Waals surface area contributed by atoms with Crippen LogP contribution in [0.4, 0.5) is 4.79 Å². The van der Waals surface area contributed by atoms with Crippen molar-refractivity contribution in [3.63, 3.8) is 0 Å². The second kappa shape index (κ2) is 11.4. The Balaban J connectivity index is 3.84. The van der Waals surface area contributed by atoms with Gasteiger partial charge in [0.05, 0.1) is 6.61 Å². The lowest BCUT2D eigenvalue weighted by Crippen LogP contribution is -2.46. The van der Waals surface area contributed by atoms with Gasteiger partial charge in [0, 0.05) is 13.0 Å². The molecule has 0 bridgehead atoms. The highest BCUT2D eigenvalue weighted by Crippen LogP contribution is 2.01. The van der Waals surface area contributed by atoms with Crippen LogP contribution in [-0.2, 0) is 14.3 Å². The van der Waals surface area contributed by atoms with Crippen LogP contribution in [0.25, 0.3) is 0 Å². The van der Waals surface area contributed by atoms with Gasteiger partial charge in [-0.05, 0) is 31.8 Å². The smallest absolute Gasteiger partial charge is 0.326 e. The Kier molecular flexibility index (Phi) is 10.6. The monoisotopic (exact) mass is 306 g/mol. The van der Waals surface area contributed by atoms with Gasteiger partial charge >= 0.3 is 18.0 Å². The number of ether oxygens (including phenoxy) is 1. The van der Waals surface area contributed by atoms with Crippen molar-refractivity contribution in [2.24, 2.45) is 0 Å². The first-order valence-corrected chi connectivity index (χ1v) is 7.82. The zero-order chi connectivity index (χ0) is 15.4. The van der Waals surface area contributed by atoms with Gasteiger partial charge in [0.25, 0.3) is 0 Å². The van der Waals surface area contributed by atoms with Crippen molar-refractivity contribution in [3.8, 4) is 0 Å². The van der Waals surface area contributed by atoms with Crippen LogP contribution in [0.2, 0.25) is 0 Å². The zero-order valence-corrected chi connectivity index (χ0v) is 12.6. The van der Waals surface area contributed by atoms with E-state index in [1.54, 1.807) is 6.92 Å². The number of carboxylic acid groups (broad SMARTS) is 1. The number of carbonyl (C=O) groups is 3. The molecule has 8 heteroatoms. The first kappa shape index (κ1) is 18.6. The summed E-state index contributed by atoms with van der Waals surface area (Å²) in [5.41, 5.74) is 0. The molecule has 0 heterocycles. The molecule has 0 aliphatic carbocycles. The summed E-state index contributed by atoms with van der Waals surface area (Å²) in [6.45, 7) is 2.35. The molecule has 0 radical (unpaired) electrons. The Bertz CT molecular complexity index is 325. The Morgan fingerprint density at radius 2 is 2.05 bits per heavy atom. The highest BCUT2D eigenvalue weighted by atomic mass is 32.2. The molecular formula is C12H22N2O5S. The second-order valence-electron chi connectivity index (χ2n) is 3.98. The van der Waals surface area contributed by atoms with E-state index in [4.69, 9.17) is 9.84 Å². The van der Waals surface area contributed by atoms with Crippen molar-refractivity contribution >= 4 is 29.7 Å². The number of aliphatic carboxylic acids is 1. The van der Waals surface area contributed by atoms with Crippen LogP contribution in [0.3, 0.4) is 0 Å². The Morgan fingerprint density at radius 3 is 2.60 bits per heavy atom. The topological polar surface area (TPSA) is 105 Å². The third kappa shape index (κ3) is 9.48. The minimum absolute atomic E-state index is 0.225. The minimum atomic E-state index is -1.05. The first-order valence-electron chi connectivity index (χ1n) is 6.43. The third-order valence-electron chi connectivity index (χ3n) is 2.36. The summed E-state index contributed by atoms with van der Waals surface area (Å²) < 4.78 is 4.74. The van der Waals surface area contributed by atoms with Crippen molar-refractivity contribution in [2.45, 2.75) is 32.2 Å². The largest absolute Gasteiger partial charge is 0.480 e. The van der Waals surface area contributed by atoms with Crippen LogP contribution in [0, 0.1) is 0 Å². The van der Waals surface area contributed by atoms with E-state index in [2.05, 4.69) is 10.6 Å². The standard InChI is InChI=1S/C12H22N2O5S/c1-3-19-10(15)5-4-7-13-12(18)14-9(11(16)17)6-8-20-2/h9H,3-8H2,1-2H3,(H,16,17)(H2,13,14,18)/t9-/m0/s1. The molecule has 0 aromatic heterocycles. The van der Waals surface area contributed by atoms with Gasteiger partial charge in [-0.3, -0.25) is 4.79 Å². The predicted molar refractivity (Wildman–Crippen MR) is 76.8 cm³/mol. The Hall–Kier alpha value is -1.44. The predicted octanol–water partition coefficient (Wildman–Crippen LogP) is 0.835. The Labute approximate surface area is 122 Å². The normalized spacial score (nSPS) is 11.5. The number of hydrogen-bond donors (Lipinski definition) is 3. The van der Waals surface area contributed by atoms with E-state index in [1.807, 2.05) is 6.26 Å². The Morgan fingerprint density at radius 1 is 1.35 bits per heavy atom. The van der Waals surface area contributed by atoms with E-state index in [0.717, 1.165) is 0 Å². The van der Waals surface area contributed by atoms with Gasteiger partial charge in [0.1, 0.15) is 6.04 Å². The number of thioether (sulfide) groups is 1. The molecule has 0 saturated heterocycles. The molecule has 0 fully saturated rings. The highest BCUT2D eigenvalue weighted by molar-refractivity contribution is 7.98.